The van der Waals surface area contributed by atoms with Gasteiger partial charge < -0.3 is 16.0 Å². The van der Waals surface area contributed by atoms with Gasteiger partial charge in [0.25, 0.3) is 0 Å². The number of carbonyl (C=O) groups excluding carboxylic acids is 1. The van der Waals surface area contributed by atoms with Gasteiger partial charge in [-0.15, -0.1) is 12.4 Å². The maximum atomic E-state index is 12.5. The molecule has 3 rings (SSSR count). The first kappa shape index (κ1) is 22.9. The molecule has 1 amide bonds. The summed E-state index contributed by atoms with van der Waals surface area (Å²) in [5.74, 6) is -0.151. The van der Waals surface area contributed by atoms with Gasteiger partial charge in [-0.2, -0.15) is 0 Å². The van der Waals surface area contributed by atoms with Gasteiger partial charge in [-0.25, -0.2) is 13.1 Å². The van der Waals surface area contributed by atoms with Crippen molar-refractivity contribution in [2.45, 2.75) is 17.7 Å². The monoisotopic (exact) mass is 439 g/mol. The van der Waals surface area contributed by atoms with Crippen LogP contribution in [0, 0.1) is 11.3 Å². The summed E-state index contributed by atoms with van der Waals surface area (Å²) in [6, 6.07) is 12.3. The Morgan fingerprint density at radius 1 is 1.21 bits per heavy atom. The van der Waals surface area contributed by atoms with E-state index in [0.717, 1.165) is 30.2 Å². The molecule has 2 aromatic carbocycles. The Labute approximate surface area is 176 Å². The quantitative estimate of drug-likeness (QED) is 0.398. The second kappa shape index (κ2) is 9.91. The van der Waals surface area contributed by atoms with E-state index in [2.05, 4.69) is 10.0 Å². The van der Waals surface area contributed by atoms with Crippen LogP contribution in [-0.2, 0) is 14.8 Å². The minimum absolute atomic E-state index is 0. The SMILES string of the molecule is Cl.N=C(N)N1CCCC(CNC(=O)CNS(=O)(=O)c2ccc3ccccc3c2)C1. The van der Waals surface area contributed by atoms with Crippen LogP contribution in [-0.4, -0.2) is 51.4 Å². The number of likely N-dealkylation sites (tertiary alicyclic amines) is 1. The lowest BCUT2D eigenvalue weighted by Crippen LogP contribution is -2.47. The van der Waals surface area contributed by atoms with Crippen molar-refractivity contribution in [3.63, 3.8) is 0 Å². The molecule has 0 bridgehead atoms. The third-order valence-electron chi connectivity index (χ3n) is 4.90. The number of rotatable bonds is 6. The summed E-state index contributed by atoms with van der Waals surface area (Å²) < 4.78 is 27.3. The van der Waals surface area contributed by atoms with Crippen LogP contribution in [0.5, 0.6) is 0 Å². The summed E-state index contributed by atoms with van der Waals surface area (Å²) in [5, 5.41) is 12.0. The number of piperidine rings is 1. The van der Waals surface area contributed by atoms with Crippen LogP contribution in [0.15, 0.2) is 47.4 Å². The molecule has 0 aromatic heterocycles. The Bertz CT molecular complexity index is 983. The normalized spacial score (nSPS) is 16.8. The highest BCUT2D eigenvalue weighted by molar-refractivity contribution is 7.89. The van der Waals surface area contributed by atoms with Crippen LogP contribution >= 0.6 is 12.4 Å². The minimum Gasteiger partial charge on any atom is -0.370 e. The van der Waals surface area contributed by atoms with Gasteiger partial charge in [0.1, 0.15) is 0 Å². The second-order valence-corrected chi connectivity index (χ2v) is 8.74. The van der Waals surface area contributed by atoms with Gasteiger partial charge in [0.2, 0.25) is 15.9 Å². The molecule has 1 saturated heterocycles. The van der Waals surface area contributed by atoms with Gasteiger partial charge in [-0.1, -0.05) is 30.3 Å². The Morgan fingerprint density at radius 3 is 2.66 bits per heavy atom. The molecule has 5 N–H and O–H groups in total. The number of nitrogens with one attached hydrogen (secondary N) is 3. The molecule has 1 aliphatic rings. The van der Waals surface area contributed by atoms with E-state index in [4.69, 9.17) is 11.1 Å². The van der Waals surface area contributed by atoms with Gasteiger partial charge in [0.15, 0.2) is 5.96 Å². The van der Waals surface area contributed by atoms with Crippen molar-refractivity contribution >= 4 is 45.1 Å². The summed E-state index contributed by atoms with van der Waals surface area (Å²) in [5.41, 5.74) is 5.52. The molecule has 0 spiro atoms. The van der Waals surface area contributed by atoms with E-state index in [-0.39, 0.29) is 41.6 Å². The van der Waals surface area contributed by atoms with E-state index in [9.17, 15) is 13.2 Å². The van der Waals surface area contributed by atoms with Crippen molar-refractivity contribution < 1.29 is 13.2 Å². The molecule has 158 valence electrons. The third kappa shape index (κ3) is 6.06. The molecule has 1 atom stereocenters. The maximum Gasteiger partial charge on any atom is 0.241 e. The zero-order chi connectivity index (χ0) is 20.1. The van der Waals surface area contributed by atoms with Gasteiger partial charge in [-0.05, 0) is 41.7 Å². The lowest BCUT2D eigenvalue weighted by Gasteiger charge is -2.33. The molecule has 0 radical (unpaired) electrons. The molecule has 1 heterocycles. The van der Waals surface area contributed by atoms with E-state index in [1.165, 1.54) is 6.07 Å². The number of hydrogen-bond acceptors (Lipinski definition) is 4. The highest BCUT2D eigenvalue weighted by Gasteiger charge is 2.21. The molecule has 10 heteroatoms. The predicted octanol–water partition coefficient (Wildman–Crippen LogP) is 1.26. The molecular weight excluding hydrogens is 414 g/mol. The van der Waals surface area contributed by atoms with Crippen molar-refractivity contribution in [2.75, 3.05) is 26.2 Å². The Kier molecular flexibility index (Phi) is 7.83. The lowest BCUT2D eigenvalue weighted by atomic mass is 9.98. The van der Waals surface area contributed by atoms with E-state index in [0.29, 0.717) is 13.1 Å². The summed E-state index contributed by atoms with van der Waals surface area (Å²) in [6.45, 7) is 1.49. The van der Waals surface area contributed by atoms with E-state index < -0.39 is 10.0 Å². The number of amides is 1. The van der Waals surface area contributed by atoms with Crippen molar-refractivity contribution in [1.29, 1.82) is 5.41 Å². The van der Waals surface area contributed by atoms with Crippen molar-refractivity contribution in [2.24, 2.45) is 11.7 Å². The van der Waals surface area contributed by atoms with Crippen LogP contribution in [0.1, 0.15) is 12.8 Å². The third-order valence-corrected chi connectivity index (χ3v) is 6.30. The highest BCUT2D eigenvalue weighted by atomic mass is 35.5. The molecular formula is C19H26ClN5O3S. The second-order valence-electron chi connectivity index (χ2n) is 6.98. The zero-order valence-electron chi connectivity index (χ0n) is 15.9. The number of fused-ring (bicyclic) bond motifs is 1. The summed E-state index contributed by atoms with van der Waals surface area (Å²) in [4.78, 5) is 14.0. The first-order valence-corrected chi connectivity index (χ1v) is 10.7. The van der Waals surface area contributed by atoms with Crippen LogP contribution in [0.3, 0.4) is 0 Å². The largest absolute Gasteiger partial charge is 0.370 e. The molecule has 1 aliphatic heterocycles. The lowest BCUT2D eigenvalue weighted by molar-refractivity contribution is -0.120. The van der Waals surface area contributed by atoms with Crippen LogP contribution in [0.4, 0.5) is 0 Å². The van der Waals surface area contributed by atoms with Crippen LogP contribution < -0.4 is 15.8 Å². The van der Waals surface area contributed by atoms with E-state index in [1.54, 1.807) is 17.0 Å². The Morgan fingerprint density at radius 2 is 1.93 bits per heavy atom. The number of guanidine groups is 1. The molecule has 8 nitrogen and oxygen atoms in total. The van der Waals surface area contributed by atoms with E-state index in [1.807, 2.05) is 24.3 Å². The van der Waals surface area contributed by atoms with Crippen LogP contribution in [0.25, 0.3) is 10.8 Å². The van der Waals surface area contributed by atoms with Crippen LogP contribution in [0.2, 0.25) is 0 Å². The van der Waals surface area contributed by atoms with E-state index >= 15 is 0 Å². The zero-order valence-corrected chi connectivity index (χ0v) is 17.6. The number of carbonyl (C=O) groups is 1. The first-order chi connectivity index (χ1) is 13.3. The number of hydrogen-bond donors (Lipinski definition) is 4. The molecule has 1 fully saturated rings. The van der Waals surface area contributed by atoms with Crippen molar-refractivity contribution in [3.05, 3.63) is 42.5 Å². The molecule has 1 unspecified atom stereocenters. The van der Waals surface area contributed by atoms with Gasteiger partial charge in [-0.3, -0.25) is 10.2 Å². The fraction of sp³-hybridized carbons (Fsp3) is 0.368. The van der Waals surface area contributed by atoms with Gasteiger partial charge in [0.05, 0.1) is 11.4 Å². The average Bonchev–Trinajstić information content (AvgIpc) is 2.70. The molecule has 0 aliphatic carbocycles. The van der Waals surface area contributed by atoms with Gasteiger partial charge >= 0.3 is 0 Å². The number of halogens is 1. The summed E-state index contributed by atoms with van der Waals surface area (Å²) >= 11 is 0. The fourth-order valence-corrected chi connectivity index (χ4v) is 4.37. The average molecular weight is 440 g/mol. The summed E-state index contributed by atoms with van der Waals surface area (Å²) in [6.07, 6.45) is 1.85. The van der Waals surface area contributed by atoms with Gasteiger partial charge in [0, 0.05) is 19.6 Å². The highest BCUT2D eigenvalue weighted by Crippen LogP contribution is 2.19. The van der Waals surface area contributed by atoms with Crippen molar-refractivity contribution in [1.82, 2.24) is 14.9 Å². The number of nitrogens with zero attached hydrogens (tertiary/aromatic N) is 1. The maximum absolute atomic E-state index is 12.5. The molecule has 0 saturated carbocycles. The Balaban J connectivity index is 0.00000300. The smallest absolute Gasteiger partial charge is 0.241 e. The Hall–Kier alpha value is -2.36. The fourth-order valence-electron chi connectivity index (χ4n) is 3.35. The number of sulfonamides is 1. The topological polar surface area (TPSA) is 128 Å². The van der Waals surface area contributed by atoms with Crippen molar-refractivity contribution in [3.8, 4) is 0 Å². The predicted molar refractivity (Wildman–Crippen MR) is 116 cm³/mol. The summed E-state index contributed by atoms with van der Waals surface area (Å²) in [7, 11) is -3.77. The molecule has 29 heavy (non-hydrogen) atoms. The standard InChI is InChI=1S/C19H25N5O3S.ClH/c20-19(21)24-9-3-4-14(13-24)11-22-18(25)12-23-28(26,27)17-8-7-15-5-1-2-6-16(15)10-17;/h1-2,5-8,10,14,23H,3-4,9,11-13H2,(H3,20,21)(H,22,25);1H. The molecule has 2 aromatic rings. The number of benzene rings is 2. The number of nitrogens with two attached hydrogens (primary N) is 1. The first-order valence-electron chi connectivity index (χ1n) is 9.19. The minimum atomic E-state index is -3.77.